The SMILES string of the molecule is CC(C)N(CC(F)(F)F)C1COc2cc(O)ccc21. The third kappa shape index (κ3) is 3.12. The van der Waals surface area contributed by atoms with E-state index in [1.165, 1.54) is 17.0 Å². The lowest BCUT2D eigenvalue weighted by Gasteiger charge is -2.32. The third-order valence-electron chi connectivity index (χ3n) is 3.18. The minimum atomic E-state index is -4.25. The highest BCUT2D eigenvalue weighted by Crippen LogP contribution is 2.39. The molecule has 0 amide bonds. The summed E-state index contributed by atoms with van der Waals surface area (Å²) in [6, 6.07) is 3.83. The highest BCUT2D eigenvalue weighted by molar-refractivity contribution is 5.44. The first-order chi connectivity index (χ1) is 8.78. The Morgan fingerprint density at radius 2 is 2.11 bits per heavy atom. The molecule has 6 heteroatoms. The summed E-state index contributed by atoms with van der Waals surface area (Å²) < 4.78 is 43.3. The van der Waals surface area contributed by atoms with Gasteiger partial charge < -0.3 is 9.84 Å². The molecule has 1 N–H and O–H groups in total. The van der Waals surface area contributed by atoms with E-state index in [9.17, 15) is 18.3 Å². The van der Waals surface area contributed by atoms with Gasteiger partial charge in [-0.2, -0.15) is 13.2 Å². The number of alkyl halides is 3. The number of hydrogen-bond donors (Lipinski definition) is 1. The molecule has 2 rings (SSSR count). The summed E-state index contributed by atoms with van der Waals surface area (Å²) in [6.07, 6.45) is -4.25. The van der Waals surface area contributed by atoms with Crippen molar-refractivity contribution < 1.29 is 23.0 Å². The van der Waals surface area contributed by atoms with Gasteiger partial charge in [-0.25, -0.2) is 0 Å². The second-order valence-corrected chi connectivity index (χ2v) is 4.93. The molecule has 0 radical (unpaired) electrons. The van der Waals surface area contributed by atoms with Crippen LogP contribution in [0.1, 0.15) is 25.5 Å². The quantitative estimate of drug-likeness (QED) is 0.920. The Bertz CT molecular complexity index is 460. The van der Waals surface area contributed by atoms with Crippen LogP contribution in [0.3, 0.4) is 0 Å². The molecule has 1 unspecified atom stereocenters. The molecule has 0 aromatic heterocycles. The molecule has 1 aromatic carbocycles. The summed E-state index contributed by atoms with van der Waals surface area (Å²) in [5, 5.41) is 9.34. The topological polar surface area (TPSA) is 32.7 Å². The van der Waals surface area contributed by atoms with E-state index in [1.807, 2.05) is 0 Å². The molecule has 0 spiro atoms. The number of ether oxygens (including phenoxy) is 1. The zero-order valence-corrected chi connectivity index (χ0v) is 10.7. The minimum absolute atomic E-state index is 0.0475. The van der Waals surface area contributed by atoms with E-state index in [0.717, 1.165) is 0 Å². The number of rotatable bonds is 3. The summed E-state index contributed by atoms with van der Waals surface area (Å²) in [5.41, 5.74) is 0.691. The first kappa shape index (κ1) is 14.0. The molecule has 0 saturated heterocycles. The minimum Gasteiger partial charge on any atom is -0.508 e. The number of benzene rings is 1. The summed E-state index contributed by atoms with van der Waals surface area (Å²) in [4.78, 5) is 1.36. The van der Waals surface area contributed by atoms with Crippen LogP contribution in [0.2, 0.25) is 0 Å². The van der Waals surface area contributed by atoms with E-state index in [1.54, 1.807) is 19.9 Å². The Hall–Kier alpha value is -1.43. The van der Waals surface area contributed by atoms with E-state index >= 15 is 0 Å². The van der Waals surface area contributed by atoms with Crippen molar-refractivity contribution in [2.75, 3.05) is 13.2 Å². The molecule has 1 aliphatic heterocycles. The van der Waals surface area contributed by atoms with Gasteiger partial charge in [-0.3, -0.25) is 4.90 Å². The average Bonchev–Trinajstić information content (AvgIpc) is 2.67. The molecule has 106 valence electrons. The van der Waals surface area contributed by atoms with Gasteiger partial charge >= 0.3 is 6.18 Å². The summed E-state index contributed by atoms with van der Waals surface area (Å²) >= 11 is 0. The van der Waals surface area contributed by atoms with Crippen molar-refractivity contribution in [1.29, 1.82) is 0 Å². The lowest BCUT2D eigenvalue weighted by Crippen LogP contribution is -2.42. The van der Waals surface area contributed by atoms with Gasteiger partial charge in [0.2, 0.25) is 0 Å². The van der Waals surface area contributed by atoms with Gasteiger partial charge in [0.15, 0.2) is 0 Å². The molecular formula is C13H16F3NO2. The highest BCUT2D eigenvalue weighted by atomic mass is 19.4. The number of hydrogen-bond acceptors (Lipinski definition) is 3. The summed E-state index contributed by atoms with van der Waals surface area (Å²) in [7, 11) is 0. The standard InChI is InChI=1S/C13H16F3NO2/c1-8(2)17(7-13(14,15)16)11-6-19-12-5-9(18)3-4-10(11)12/h3-5,8,11,18H,6-7H2,1-2H3. The van der Waals surface area contributed by atoms with Crippen molar-refractivity contribution in [1.82, 2.24) is 4.90 Å². The molecule has 1 aromatic rings. The fourth-order valence-corrected chi connectivity index (χ4v) is 2.32. The van der Waals surface area contributed by atoms with Crippen LogP contribution in [0, 0.1) is 0 Å². The molecule has 0 bridgehead atoms. The molecule has 0 aliphatic carbocycles. The van der Waals surface area contributed by atoms with Crippen LogP contribution in [0.25, 0.3) is 0 Å². The zero-order chi connectivity index (χ0) is 14.2. The maximum absolute atomic E-state index is 12.6. The van der Waals surface area contributed by atoms with Gasteiger partial charge in [-0.15, -0.1) is 0 Å². The molecular weight excluding hydrogens is 259 g/mol. The fourth-order valence-electron chi connectivity index (χ4n) is 2.32. The predicted molar refractivity (Wildman–Crippen MR) is 64.2 cm³/mol. The number of fused-ring (bicyclic) bond motifs is 1. The first-order valence-corrected chi connectivity index (χ1v) is 6.06. The lowest BCUT2D eigenvalue weighted by molar-refractivity contribution is -0.156. The normalized spacial score (nSPS) is 18.8. The van der Waals surface area contributed by atoms with Gasteiger partial charge in [0.05, 0.1) is 12.6 Å². The van der Waals surface area contributed by atoms with Crippen molar-refractivity contribution >= 4 is 0 Å². The van der Waals surface area contributed by atoms with Crippen LogP contribution in [0.15, 0.2) is 18.2 Å². The van der Waals surface area contributed by atoms with Crippen LogP contribution in [0.4, 0.5) is 13.2 Å². The Morgan fingerprint density at radius 1 is 1.42 bits per heavy atom. The Morgan fingerprint density at radius 3 is 2.68 bits per heavy atom. The van der Waals surface area contributed by atoms with Gasteiger partial charge in [-0.1, -0.05) is 0 Å². The Kier molecular flexibility index (Phi) is 3.62. The van der Waals surface area contributed by atoms with Crippen molar-refractivity contribution in [2.24, 2.45) is 0 Å². The maximum Gasteiger partial charge on any atom is 0.401 e. The van der Waals surface area contributed by atoms with Crippen molar-refractivity contribution in [2.45, 2.75) is 32.1 Å². The number of aromatic hydroxyl groups is 1. The van der Waals surface area contributed by atoms with E-state index in [0.29, 0.717) is 11.3 Å². The van der Waals surface area contributed by atoms with Crippen LogP contribution in [-0.4, -0.2) is 35.4 Å². The Balaban J connectivity index is 2.26. The van der Waals surface area contributed by atoms with Crippen molar-refractivity contribution in [3.05, 3.63) is 23.8 Å². The van der Waals surface area contributed by atoms with Gasteiger partial charge in [0.1, 0.15) is 18.1 Å². The van der Waals surface area contributed by atoms with Crippen molar-refractivity contribution in [3.63, 3.8) is 0 Å². The van der Waals surface area contributed by atoms with Crippen LogP contribution >= 0.6 is 0 Å². The molecule has 0 fully saturated rings. The average molecular weight is 275 g/mol. The van der Waals surface area contributed by atoms with Crippen molar-refractivity contribution in [3.8, 4) is 11.5 Å². The first-order valence-electron chi connectivity index (χ1n) is 6.06. The van der Waals surface area contributed by atoms with E-state index in [2.05, 4.69) is 0 Å². The smallest absolute Gasteiger partial charge is 0.401 e. The fraction of sp³-hybridized carbons (Fsp3) is 0.538. The molecule has 1 heterocycles. The molecule has 1 atom stereocenters. The second-order valence-electron chi connectivity index (χ2n) is 4.93. The van der Waals surface area contributed by atoms with E-state index in [4.69, 9.17) is 4.74 Å². The number of phenols is 1. The Labute approximate surface area is 109 Å². The molecule has 0 saturated carbocycles. The predicted octanol–water partition coefficient (Wildman–Crippen LogP) is 3.10. The lowest BCUT2D eigenvalue weighted by atomic mass is 10.1. The second kappa shape index (κ2) is 4.92. The largest absolute Gasteiger partial charge is 0.508 e. The monoisotopic (exact) mass is 275 g/mol. The summed E-state index contributed by atoms with van der Waals surface area (Å²) in [6.45, 7) is 2.65. The van der Waals surface area contributed by atoms with Crippen LogP contribution in [-0.2, 0) is 0 Å². The van der Waals surface area contributed by atoms with Crippen LogP contribution < -0.4 is 4.74 Å². The summed E-state index contributed by atoms with van der Waals surface area (Å²) in [5.74, 6) is 0.504. The van der Waals surface area contributed by atoms with Gasteiger partial charge in [0, 0.05) is 17.7 Å². The van der Waals surface area contributed by atoms with E-state index < -0.39 is 18.8 Å². The van der Waals surface area contributed by atoms with E-state index in [-0.39, 0.29) is 18.4 Å². The number of nitrogens with zero attached hydrogens (tertiary/aromatic N) is 1. The number of phenolic OH excluding ortho intramolecular Hbond substituents is 1. The maximum atomic E-state index is 12.6. The molecule has 19 heavy (non-hydrogen) atoms. The zero-order valence-electron chi connectivity index (χ0n) is 10.7. The third-order valence-corrected chi connectivity index (χ3v) is 3.18. The van der Waals surface area contributed by atoms with Gasteiger partial charge in [0.25, 0.3) is 0 Å². The molecule has 3 nitrogen and oxygen atoms in total. The highest BCUT2D eigenvalue weighted by Gasteiger charge is 2.38. The van der Waals surface area contributed by atoms with Gasteiger partial charge in [-0.05, 0) is 26.0 Å². The number of halogens is 3. The van der Waals surface area contributed by atoms with Crippen LogP contribution in [0.5, 0.6) is 11.5 Å². The molecule has 1 aliphatic rings.